The lowest BCUT2D eigenvalue weighted by Crippen LogP contribution is -1.96. The number of rotatable bonds is 2. The zero-order valence-electron chi connectivity index (χ0n) is 7.90. The normalized spacial score (nSPS) is 10.7. The minimum atomic E-state index is -0.0409. The molecule has 72 valence electrons. The van der Waals surface area contributed by atoms with Gasteiger partial charge in [0, 0.05) is 18.7 Å². The molecule has 0 radical (unpaired) electrons. The quantitative estimate of drug-likeness (QED) is 0.729. The summed E-state index contributed by atoms with van der Waals surface area (Å²) in [5.41, 5.74) is 2.29. The Hall–Kier alpha value is -1.61. The molecule has 0 aromatic carbocycles. The van der Waals surface area contributed by atoms with Crippen LogP contribution >= 0.6 is 0 Å². The second-order valence-electron chi connectivity index (χ2n) is 3.22. The van der Waals surface area contributed by atoms with E-state index in [1.807, 2.05) is 24.4 Å². The van der Waals surface area contributed by atoms with Crippen molar-refractivity contribution in [3.63, 3.8) is 0 Å². The van der Waals surface area contributed by atoms with Gasteiger partial charge in [0.2, 0.25) is 0 Å². The maximum Gasteiger partial charge on any atom is 0.176 e. The summed E-state index contributed by atoms with van der Waals surface area (Å²) in [5, 5.41) is 9.11. The molecule has 2 aromatic rings. The van der Waals surface area contributed by atoms with Crippen molar-refractivity contribution in [1.82, 2.24) is 4.40 Å². The summed E-state index contributed by atoms with van der Waals surface area (Å²) in [5.74, 6) is 0.00546. The minimum absolute atomic E-state index is 0.00546. The molecule has 14 heavy (non-hydrogen) atoms. The second-order valence-corrected chi connectivity index (χ2v) is 3.22. The molecule has 0 aliphatic carbocycles. The van der Waals surface area contributed by atoms with Gasteiger partial charge in [-0.15, -0.1) is 0 Å². The third kappa shape index (κ3) is 1.22. The van der Waals surface area contributed by atoms with Crippen LogP contribution in [0.4, 0.5) is 0 Å². The van der Waals surface area contributed by atoms with Crippen molar-refractivity contribution in [2.45, 2.75) is 13.5 Å². The van der Waals surface area contributed by atoms with Gasteiger partial charge in [-0.25, -0.2) is 0 Å². The fourth-order valence-corrected chi connectivity index (χ4v) is 1.62. The third-order valence-corrected chi connectivity index (χ3v) is 2.29. The lowest BCUT2D eigenvalue weighted by molar-refractivity contribution is 0.101. The van der Waals surface area contributed by atoms with E-state index in [4.69, 9.17) is 5.11 Å². The van der Waals surface area contributed by atoms with Crippen LogP contribution in [-0.2, 0) is 6.61 Å². The monoisotopic (exact) mass is 189 g/mol. The van der Waals surface area contributed by atoms with Crippen LogP contribution in [0.2, 0.25) is 0 Å². The van der Waals surface area contributed by atoms with Gasteiger partial charge in [-0.2, -0.15) is 0 Å². The SMILES string of the molecule is CC(=O)c1cc(CO)c2ccccn12. The molecule has 0 spiro atoms. The van der Waals surface area contributed by atoms with E-state index in [1.165, 1.54) is 6.92 Å². The van der Waals surface area contributed by atoms with Crippen molar-refractivity contribution >= 4 is 11.3 Å². The standard InChI is InChI=1S/C11H11NO2/c1-8(14)11-6-9(7-13)10-4-2-3-5-12(10)11/h2-6,13H,7H2,1H3. The van der Waals surface area contributed by atoms with E-state index in [1.54, 1.807) is 10.5 Å². The summed E-state index contributed by atoms with van der Waals surface area (Å²) in [6.45, 7) is 1.48. The molecule has 0 aliphatic heterocycles. The van der Waals surface area contributed by atoms with Gasteiger partial charge < -0.3 is 9.51 Å². The Morgan fingerprint density at radius 1 is 1.50 bits per heavy atom. The molecule has 0 saturated carbocycles. The number of fused-ring (bicyclic) bond motifs is 1. The predicted octanol–water partition coefficient (Wildman–Crippen LogP) is 1.63. The fourth-order valence-electron chi connectivity index (χ4n) is 1.62. The number of aliphatic hydroxyl groups excluding tert-OH is 1. The molecule has 3 nitrogen and oxygen atoms in total. The van der Waals surface area contributed by atoms with E-state index in [0.29, 0.717) is 5.69 Å². The van der Waals surface area contributed by atoms with Crippen molar-refractivity contribution < 1.29 is 9.90 Å². The van der Waals surface area contributed by atoms with Crippen molar-refractivity contribution in [1.29, 1.82) is 0 Å². The Kier molecular flexibility index (Phi) is 2.09. The average Bonchev–Trinajstić information content (AvgIpc) is 2.56. The first-order valence-corrected chi connectivity index (χ1v) is 4.45. The van der Waals surface area contributed by atoms with Gasteiger partial charge in [0.1, 0.15) is 0 Å². The molecule has 0 amide bonds. The number of aliphatic hydroxyl groups is 1. The Bertz CT molecular complexity index is 485. The Morgan fingerprint density at radius 2 is 2.29 bits per heavy atom. The number of ketones is 1. The topological polar surface area (TPSA) is 41.7 Å². The summed E-state index contributed by atoms with van der Waals surface area (Å²) in [4.78, 5) is 11.3. The maximum atomic E-state index is 11.3. The molecule has 2 aromatic heterocycles. The number of carbonyl (C=O) groups is 1. The molecule has 0 saturated heterocycles. The summed E-state index contributed by atoms with van der Waals surface area (Å²) in [6, 6.07) is 7.37. The number of nitrogens with zero attached hydrogens (tertiary/aromatic N) is 1. The van der Waals surface area contributed by atoms with Gasteiger partial charge in [-0.1, -0.05) is 6.07 Å². The molecule has 2 heterocycles. The van der Waals surface area contributed by atoms with Crippen molar-refractivity contribution in [2.24, 2.45) is 0 Å². The van der Waals surface area contributed by atoms with Crippen LogP contribution in [0, 0.1) is 0 Å². The molecule has 0 bridgehead atoms. The minimum Gasteiger partial charge on any atom is -0.392 e. The highest BCUT2D eigenvalue weighted by atomic mass is 16.3. The Balaban J connectivity index is 2.80. The summed E-state index contributed by atoms with van der Waals surface area (Å²) in [7, 11) is 0. The van der Waals surface area contributed by atoms with E-state index >= 15 is 0 Å². The van der Waals surface area contributed by atoms with Crippen LogP contribution in [-0.4, -0.2) is 15.3 Å². The lowest BCUT2D eigenvalue weighted by atomic mass is 10.2. The molecule has 0 fully saturated rings. The zero-order valence-corrected chi connectivity index (χ0v) is 7.90. The largest absolute Gasteiger partial charge is 0.392 e. The molecule has 1 N–H and O–H groups in total. The summed E-state index contributed by atoms with van der Waals surface area (Å²) in [6.07, 6.45) is 1.82. The van der Waals surface area contributed by atoms with Gasteiger partial charge in [-0.3, -0.25) is 4.79 Å². The number of pyridine rings is 1. The second kappa shape index (κ2) is 3.27. The van der Waals surface area contributed by atoms with Gasteiger partial charge in [-0.05, 0) is 18.2 Å². The van der Waals surface area contributed by atoms with E-state index < -0.39 is 0 Å². The van der Waals surface area contributed by atoms with Gasteiger partial charge in [0.15, 0.2) is 5.78 Å². The number of Topliss-reactive ketones (excluding diaryl/α,β-unsaturated/α-hetero) is 1. The molecule has 0 unspecified atom stereocenters. The van der Waals surface area contributed by atoms with E-state index in [2.05, 4.69) is 0 Å². The predicted molar refractivity (Wildman–Crippen MR) is 53.3 cm³/mol. The first-order valence-electron chi connectivity index (χ1n) is 4.45. The van der Waals surface area contributed by atoms with E-state index in [0.717, 1.165) is 11.1 Å². The molecule has 0 aliphatic rings. The zero-order chi connectivity index (χ0) is 10.1. The number of carbonyl (C=O) groups excluding carboxylic acids is 1. The summed E-state index contributed by atoms with van der Waals surface area (Å²) >= 11 is 0. The van der Waals surface area contributed by atoms with E-state index in [-0.39, 0.29) is 12.4 Å². The van der Waals surface area contributed by atoms with E-state index in [9.17, 15) is 4.79 Å². The highest BCUT2D eigenvalue weighted by Gasteiger charge is 2.10. The van der Waals surface area contributed by atoms with Crippen molar-refractivity contribution in [3.05, 3.63) is 41.7 Å². The third-order valence-electron chi connectivity index (χ3n) is 2.29. The lowest BCUT2D eigenvalue weighted by Gasteiger charge is -1.97. The maximum absolute atomic E-state index is 11.3. The molecule has 2 rings (SSSR count). The molecular weight excluding hydrogens is 178 g/mol. The molecule has 3 heteroatoms. The van der Waals surface area contributed by atoms with Crippen LogP contribution in [0.1, 0.15) is 23.0 Å². The number of hydrogen-bond donors (Lipinski definition) is 1. The smallest absolute Gasteiger partial charge is 0.176 e. The van der Waals surface area contributed by atoms with Crippen molar-refractivity contribution in [2.75, 3.05) is 0 Å². The Morgan fingerprint density at radius 3 is 2.93 bits per heavy atom. The first kappa shape index (κ1) is 8.97. The van der Waals surface area contributed by atoms with Crippen LogP contribution in [0.3, 0.4) is 0 Å². The van der Waals surface area contributed by atoms with Crippen molar-refractivity contribution in [3.8, 4) is 0 Å². The molecule has 0 atom stereocenters. The Labute approximate surface area is 81.6 Å². The fraction of sp³-hybridized carbons (Fsp3) is 0.182. The van der Waals surface area contributed by atoms with Gasteiger partial charge in [0.05, 0.1) is 17.8 Å². The van der Waals surface area contributed by atoms with Gasteiger partial charge in [0.25, 0.3) is 0 Å². The average molecular weight is 189 g/mol. The van der Waals surface area contributed by atoms with Gasteiger partial charge >= 0.3 is 0 Å². The van der Waals surface area contributed by atoms with Crippen LogP contribution < -0.4 is 0 Å². The number of aromatic nitrogens is 1. The first-order chi connectivity index (χ1) is 6.74. The number of hydrogen-bond acceptors (Lipinski definition) is 2. The summed E-state index contributed by atoms with van der Waals surface area (Å²) < 4.78 is 1.80. The van der Waals surface area contributed by atoms with Crippen LogP contribution in [0.25, 0.3) is 5.52 Å². The highest BCUT2D eigenvalue weighted by molar-refractivity contribution is 5.94. The van der Waals surface area contributed by atoms with Crippen LogP contribution in [0.5, 0.6) is 0 Å². The highest BCUT2D eigenvalue weighted by Crippen LogP contribution is 2.17. The van der Waals surface area contributed by atoms with Crippen LogP contribution in [0.15, 0.2) is 30.5 Å². The molecular formula is C11H11NO2.